The van der Waals surface area contributed by atoms with Gasteiger partial charge in [0.05, 0.1) is 5.69 Å². The van der Waals surface area contributed by atoms with E-state index >= 15 is 0 Å². The molecule has 0 spiro atoms. The van der Waals surface area contributed by atoms with Crippen LogP contribution in [0.3, 0.4) is 0 Å². The number of carboxylic acids is 1. The minimum absolute atomic E-state index is 0.152. The van der Waals surface area contributed by atoms with Crippen LogP contribution >= 0.6 is 34.2 Å². The molecule has 0 saturated heterocycles. The molecule has 2 aromatic rings. The number of aromatic carboxylic acids is 1. The Labute approximate surface area is 133 Å². The van der Waals surface area contributed by atoms with E-state index in [9.17, 15) is 13.2 Å². The molecule has 0 unspecified atom stereocenters. The van der Waals surface area contributed by atoms with Crippen LogP contribution in [0.1, 0.15) is 10.5 Å². The molecule has 0 saturated carbocycles. The molecule has 0 aliphatic heterocycles. The maximum Gasteiger partial charge on any atom is 0.352 e. The first-order valence-corrected chi connectivity index (χ1v) is 8.13. The van der Waals surface area contributed by atoms with Crippen LogP contribution in [0.2, 0.25) is 5.02 Å². The second kappa shape index (κ2) is 5.62. The Hall–Kier alpha value is -1.26. The normalized spacial score (nSPS) is 11.3. The Morgan fingerprint density at radius 1 is 1.35 bits per heavy atom. The van der Waals surface area contributed by atoms with E-state index in [1.165, 1.54) is 6.07 Å². The number of hydrogen-bond donors (Lipinski definition) is 3. The Bertz CT molecular complexity index is 772. The number of carbonyl (C=O) groups is 1. The average Bonchev–Trinajstić information content (AvgIpc) is 2.83. The fourth-order valence-corrected chi connectivity index (χ4v) is 3.69. The smallest absolute Gasteiger partial charge is 0.352 e. The highest BCUT2D eigenvalue weighted by atomic mass is 127. The van der Waals surface area contributed by atoms with Crippen LogP contribution in [0.5, 0.6) is 0 Å². The molecular formula is C11H8ClIN2O4S. The molecule has 20 heavy (non-hydrogen) atoms. The van der Waals surface area contributed by atoms with Gasteiger partial charge in [-0.2, -0.15) is 0 Å². The van der Waals surface area contributed by atoms with Crippen LogP contribution in [0.25, 0.3) is 0 Å². The number of halogens is 2. The fraction of sp³-hybridized carbons (Fsp3) is 0. The predicted octanol–water partition coefficient (Wildman–Crippen LogP) is 2.77. The van der Waals surface area contributed by atoms with E-state index in [0.717, 1.165) is 12.3 Å². The van der Waals surface area contributed by atoms with Crippen molar-refractivity contribution in [1.29, 1.82) is 0 Å². The lowest BCUT2D eigenvalue weighted by Gasteiger charge is -2.08. The zero-order valence-electron chi connectivity index (χ0n) is 9.72. The number of benzene rings is 1. The minimum Gasteiger partial charge on any atom is -0.477 e. The van der Waals surface area contributed by atoms with Crippen molar-refractivity contribution in [3.8, 4) is 0 Å². The number of aromatic nitrogens is 1. The summed E-state index contributed by atoms with van der Waals surface area (Å²) in [5.74, 6) is -1.23. The number of H-pyrrole nitrogens is 1. The third kappa shape index (κ3) is 3.25. The van der Waals surface area contributed by atoms with Crippen LogP contribution < -0.4 is 4.72 Å². The van der Waals surface area contributed by atoms with Crippen molar-refractivity contribution in [3.63, 3.8) is 0 Å². The summed E-state index contributed by atoms with van der Waals surface area (Å²) in [7, 11) is -3.85. The van der Waals surface area contributed by atoms with Gasteiger partial charge in [0.1, 0.15) is 10.6 Å². The van der Waals surface area contributed by atoms with Gasteiger partial charge in [-0.1, -0.05) is 11.6 Å². The molecule has 0 radical (unpaired) electrons. The largest absolute Gasteiger partial charge is 0.477 e. The summed E-state index contributed by atoms with van der Waals surface area (Å²) in [6.07, 6.45) is 1.12. The first-order valence-electron chi connectivity index (χ1n) is 5.19. The maximum absolute atomic E-state index is 12.1. The summed E-state index contributed by atoms with van der Waals surface area (Å²) < 4.78 is 27.2. The third-order valence-electron chi connectivity index (χ3n) is 2.37. The van der Waals surface area contributed by atoms with E-state index in [1.54, 1.807) is 12.1 Å². The van der Waals surface area contributed by atoms with Gasteiger partial charge in [-0.15, -0.1) is 0 Å². The third-order valence-corrected chi connectivity index (χ3v) is 4.85. The summed E-state index contributed by atoms with van der Waals surface area (Å²) in [4.78, 5) is 13.0. The van der Waals surface area contributed by atoms with Crippen molar-refractivity contribution in [3.05, 3.63) is 44.7 Å². The monoisotopic (exact) mass is 426 g/mol. The van der Waals surface area contributed by atoms with E-state index in [-0.39, 0.29) is 10.6 Å². The van der Waals surface area contributed by atoms with E-state index in [4.69, 9.17) is 16.7 Å². The highest BCUT2D eigenvalue weighted by molar-refractivity contribution is 14.1. The molecule has 1 aromatic heterocycles. The Kier molecular flexibility index (Phi) is 4.25. The molecule has 1 aromatic carbocycles. The van der Waals surface area contributed by atoms with Gasteiger partial charge in [0, 0.05) is 14.8 Å². The number of aromatic amines is 1. The lowest BCUT2D eigenvalue weighted by Crippen LogP contribution is -2.13. The van der Waals surface area contributed by atoms with Gasteiger partial charge in [-0.25, -0.2) is 13.2 Å². The summed E-state index contributed by atoms with van der Waals surface area (Å²) >= 11 is 7.74. The highest BCUT2D eigenvalue weighted by Gasteiger charge is 2.19. The van der Waals surface area contributed by atoms with Gasteiger partial charge in [0.2, 0.25) is 0 Å². The highest BCUT2D eigenvalue weighted by Crippen LogP contribution is 2.25. The summed E-state index contributed by atoms with van der Waals surface area (Å²) in [6.45, 7) is 0. The molecule has 0 bridgehead atoms. The first-order chi connectivity index (χ1) is 9.29. The molecule has 106 valence electrons. The van der Waals surface area contributed by atoms with Gasteiger partial charge in [0.15, 0.2) is 0 Å². The van der Waals surface area contributed by atoms with Crippen LogP contribution in [0.15, 0.2) is 35.4 Å². The van der Waals surface area contributed by atoms with Crippen LogP contribution in [-0.4, -0.2) is 24.5 Å². The van der Waals surface area contributed by atoms with Crippen LogP contribution in [-0.2, 0) is 10.0 Å². The fourth-order valence-electron chi connectivity index (χ4n) is 1.43. The van der Waals surface area contributed by atoms with E-state index < -0.39 is 16.0 Å². The number of anilines is 1. The van der Waals surface area contributed by atoms with Crippen molar-refractivity contribution in [2.24, 2.45) is 0 Å². The number of nitrogens with one attached hydrogen (secondary N) is 2. The second-order valence-corrected chi connectivity index (χ2v) is 7.06. The molecule has 0 aliphatic rings. The lowest BCUT2D eigenvalue weighted by atomic mass is 10.3. The van der Waals surface area contributed by atoms with Crippen molar-refractivity contribution in [1.82, 2.24) is 4.98 Å². The molecule has 0 amide bonds. The molecule has 9 heteroatoms. The zero-order chi connectivity index (χ0) is 14.9. The Morgan fingerprint density at radius 3 is 2.60 bits per heavy atom. The van der Waals surface area contributed by atoms with Gasteiger partial charge in [-0.3, -0.25) is 4.72 Å². The second-order valence-electron chi connectivity index (χ2n) is 3.78. The van der Waals surface area contributed by atoms with Gasteiger partial charge in [-0.05, 0) is 46.9 Å². The maximum atomic E-state index is 12.1. The zero-order valence-corrected chi connectivity index (χ0v) is 13.5. The van der Waals surface area contributed by atoms with Crippen LogP contribution in [0, 0.1) is 3.57 Å². The number of carboxylic acid groups (broad SMARTS) is 1. The predicted molar refractivity (Wildman–Crippen MR) is 82.7 cm³/mol. The molecule has 0 fully saturated rings. The molecular weight excluding hydrogens is 419 g/mol. The number of hydrogen-bond acceptors (Lipinski definition) is 3. The van der Waals surface area contributed by atoms with E-state index in [2.05, 4.69) is 9.71 Å². The summed E-state index contributed by atoms with van der Waals surface area (Å²) in [5, 5.41) is 9.26. The SMILES string of the molecule is O=C(O)c1cc(S(=O)(=O)Nc2ccc(Cl)cc2I)c[nH]1. The molecule has 0 aliphatic carbocycles. The molecule has 3 N–H and O–H groups in total. The van der Waals surface area contributed by atoms with Crippen LogP contribution in [0.4, 0.5) is 5.69 Å². The average molecular weight is 427 g/mol. The quantitative estimate of drug-likeness (QED) is 0.655. The standard InChI is InChI=1S/C11H8ClIN2O4S/c12-6-1-2-9(8(13)3-6)15-20(18,19)7-4-10(11(16)17)14-5-7/h1-5,14-15H,(H,16,17). The summed E-state index contributed by atoms with van der Waals surface area (Å²) in [5.41, 5.74) is 0.171. The lowest BCUT2D eigenvalue weighted by molar-refractivity contribution is 0.0691. The Morgan fingerprint density at radius 2 is 2.05 bits per heavy atom. The molecule has 2 rings (SSSR count). The van der Waals surface area contributed by atoms with Gasteiger partial charge >= 0.3 is 5.97 Å². The van der Waals surface area contributed by atoms with Gasteiger partial charge in [0.25, 0.3) is 10.0 Å². The number of rotatable bonds is 4. The van der Waals surface area contributed by atoms with Crippen molar-refractivity contribution in [2.45, 2.75) is 4.90 Å². The summed E-state index contributed by atoms with van der Waals surface area (Å²) in [6, 6.07) is 5.75. The van der Waals surface area contributed by atoms with Crippen molar-refractivity contribution in [2.75, 3.05) is 4.72 Å². The van der Waals surface area contributed by atoms with Crippen molar-refractivity contribution >= 4 is 55.9 Å². The van der Waals surface area contributed by atoms with E-state index in [0.29, 0.717) is 14.3 Å². The minimum atomic E-state index is -3.85. The Balaban J connectivity index is 2.33. The molecule has 1 heterocycles. The first kappa shape index (κ1) is 15.1. The van der Waals surface area contributed by atoms with E-state index in [1.807, 2.05) is 22.6 Å². The molecule has 6 nitrogen and oxygen atoms in total. The topological polar surface area (TPSA) is 99.3 Å². The van der Waals surface area contributed by atoms with Gasteiger partial charge < -0.3 is 10.1 Å². The van der Waals surface area contributed by atoms with Crippen molar-refractivity contribution < 1.29 is 18.3 Å². The molecule has 0 atom stereocenters. The number of sulfonamides is 1.